The van der Waals surface area contributed by atoms with Gasteiger partial charge in [-0.1, -0.05) is 6.92 Å². The molecule has 1 saturated heterocycles. The van der Waals surface area contributed by atoms with E-state index in [4.69, 9.17) is 0 Å². The maximum Gasteiger partial charge on any atom is 0.255 e. The maximum atomic E-state index is 13.0. The molecule has 0 N–H and O–H groups in total. The number of aromatic nitrogens is 2. The molecule has 8 heteroatoms. The van der Waals surface area contributed by atoms with Crippen LogP contribution >= 0.6 is 0 Å². The van der Waals surface area contributed by atoms with Crippen LogP contribution in [-0.4, -0.2) is 69.6 Å². The molecule has 0 aliphatic carbocycles. The highest BCUT2D eigenvalue weighted by Gasteiger charge is 2.25. The minimum atomic E-state index is -0.0753. The molecule has 3 heterocycles. The van der Waals surface area contributed by atoms with Crippen LogP contribution in [0.3, 0.4) is 0 Å². The Morgan fingerprint density at radius 2 is 1.68 bits per heavy atom. The van der Waals surface area contributed by atoms with Crippen molar-refractivity contribution in [3.8, 4) is 0 Å². The van der Waals surface area contributed by atoms with E-state index in [1.54, 1.807) is 33.9 Å². The molecule has 3 rings (SSSR count). The number of pyridine rings is 1. The van der Waals surface area contributed by atoms with Gasteiger partial charge in [0, 0.05) is 52.8 Å². The molecule has 3 amide bonds. The van der Waals surface area contributed by atoms with E-state index in [0.29, 0.717) is 50.4 Å². The fraction of sp³-hybridized carbons (Fsp3) is 0.500. The van der Waals surface area contributed by atoms with Gasteiger partial charge < -0.3 is 9.80 Å². The number of nitrogens with zero attached hydrogens (tertiary/aromatic N) is 5. The van der Waals surface area contributed by atoms with Crippen molar-refractivity contribution in [2.24, 2.45) is 0 Å². The van der Waals surface area contributed by atoms with Crippen molar-refractivity contribution in [1.29, 1.82) is 0 Å². The summed E-state index contributed by atoms with van der Waals surface area (Å²) < 4.78 is 1.84. The van der Waals surface area contributed by atoms with Crippen LogP contribution in [-0.2, 0) is 16.0 Å². The molecule has 8 nitrogen and oxygen atoms in total. The van der Waals surface area contributed by atoms with E-state index in [1.807, 2.05) is 24.3 Å². The van der Waals surface area contributed by atoms with Crippen molar-refractivity contribution in [3.05, 3.63) is 29.6 Å². The quantitative estimate of drug-likeness (QED) is 0.800. The lowest BCUT2D eigenvalue weighted by Crippen LogP contribution is -2.50. The van der Waals surface area contributed by atoms with E-state index < -0.39 is 0 Å². The van der Waals surface area contributed by atoms with E-state index in [-0.39, 0.29) is 17.7 Å². The summed E-state index contributed by atoms with van der Waals surface area (Å²) in [5.41, 5.74) is 2.09. The molecule has 0 radical (unpaired) electrons. The zero-order valence-electron chi connectivity index (χ0n) is 16.9. The average molecular weight is 385 g/mol. The Labute approximate surface area is 164 Å². The van der Waals surface area contributed by atoms with Gasteiger partial charge in [-0.2, -0.15) is 0 Å². The maximum absolute atomic E-state index is 13.0. The number of hydrogen-bond donors (Lipinski definition) is 0. The summed E-state index contributed by atoms with van der Waals surface area (Å²) in [7, 11) is 0. The van der Waals surface area contributed by atoms with Gasteiger partial charge in [-0.25, -0.2) is 4.98 Å². The van der Waals surface area contributed by atoms with Gasteiger partial charge in [-0.05, 0) is 25.5 Å². The number of carbonyl (C=O) groups excluding carboxylic acids is 3. The topological polar surface area (TPSA) is 78.2 Å². The number of imidazole rings is 1. The van der Waals surface area contributed by atoms with Gasteiger partial charge in [0.25, 0.3) is 5.91 Å². The van der Waals surface area contributed by atoms with Crippen molar-refractivity contribution < 1.29 is 14.4 Å². The van der Waals surface area contributed by atoms with E-state index in [2.05, 4.69) is 4.98 Å². The molecule has 28 heavy (non-hydrogen) atoms. The van der Waals surface area contributed by atoms with E-state index in [1.165, 1.54) is 6.92 Å². The Kier molecular flexibility index (Phi) is 5.67. The van der Waals surface area contributed by atoms with Crippen LogP contribution in [0.2, 0.25) is 0 Å². The SMILES string of the molecule is CCc1nc2ccc(C(=O)N3CCN(C(C)=O)CC3)cn2c1N(CC)C(C)=O. The monoisotopic (exact) mass is 385 g/mol. The fourth-order valence-corrected chi connectivity index (χ4v) is 3.66. The highest BCUT2D eigenvalue weighted by Crippen LogP contribution is 2.24. The number of hydrogen-bond acceptors (Lipinski definition) is 4. The molecular weight excluding hydrogens is 358 g/mol. The second kappa shape index (κ2) is 8.00. The number of piperazine rings is 1. The second-order valence-corrected chi connectivity index (χ2v) is 6.94. The molecule has 0 unspecified atom stereocenters. The van der Waals surface area contributed by atoms with Crippen LogP contribution in [0.1, 0.15) is 43.7 Å². The average Bonchev–Trinajstić information content (AvgIpc) is 3.05. The third-order valence-electron chi connectivity index (χ3n) is 5.21. The smallest absolute Gasteiger partial charge is 0.255 e. The van der Waals surface area contributed by atoms with Crippen molar-refractivity contribution >= 4 is 29.2 Å². The Balaban J connectivity index is 1.94. The number of anilines is 1. The highest BCUT2D eigenvalue weighted by molar-refractivity contribution is 5.95. The zero-order chi connectivity index (χ0) is 20.4. The summed E-state index contributed by atoms with van der Waals surface area (Å²) in [5, 5.41) is 0. The van der Waals surface area contributed by atoms with Crippen LogP contribution in [0, 0.1) is 0 Å². The van der Waals surface area contributed by atoms with E-state index >= 15 is 0 Å². The predicted molar refractivity (Wildman–Crippen MR) is 106 cm³/mol. The normalized spacial score (nSPS) is 14.4. The third-order valence-corrected chi connectivity index (χ3v) is 5.21. The Morgan fingerprint density at radius 1 is 1.04 bits per heavy atom. The molecular formula is C20H27N5O3. The summed E-state index contributed by atoms with van der Waals surface area (Å²) in [4.78, 5) is 46.4. The van der Waals surface area contributed by atoms with Gasteiger partial charge in [-0.3, -0.25) is 23.7 Å². The Hall–Kier alpha value is -2.90. The molecule has 2 aromatic rings. The van der Waals surface area contributed by atoms with Gasteiger partial charge in [0.15, 0.2) is 0 Å². The minimum absolute atomic E-state index is 0.0348. The molecule has 0 spiro atoms. The molecule has 0 atom stereocenters. The largest absolute Gasteiger partial charge is 0.339 e. The molecule has 1 aliphatic heterocycles. The molecule has 1 fully saturated rings. The van der Waals surface area contributed by atoms with E-state index in [0.717, 1.165) is 11.5 Å². The first-order valence-electron chi connectivity index (χ1n) is 9.71. The van der Waals surface area contributed by atoms with Gasteiger partial charge in [0.2, 0.25) is 11.8 Å². The number of rotatable bonds is 4. The first-order chi connectivity index (χ1) is 13.4. The molecule has 150 valence electrons. The number of fused-ring (bicyclic) bond motifs is 1. The number of aryl methyl sites for hydroxylation is 1. The van der Waals surface area contributed by atoms with Gasteiger partial charge in [-0.15, -0.1) is 0 Å². The molecule has 0 saturated carbocycles. The van der Waals surface area contributed by atoms with E-state index in [9.17, 15) is 14.4 Å². The van der Waals surface area contributed by atoms with Crippen LogP contribution < -0.4 is 4.90 Å². The van der Waals surface area contributed by atoms with Gasteiger partial charge >= 0.3 is 0 Å². The lowest BCUT2D eigenvalue weighted by atomic mass is 10.2. The van der Waals surface area contributed by atoms with Crippen LogP contribution in [0.4, 0.5) is 5.82 Å². The number of carbonyl (C=O) groups is 3. The first kappa shape index (κ1) is 19.9. The Bertz CT molecular complexity index is 912. The van der Waals surface area contributed by atoms with Gasteiger partial charge in [0.1, 0.15) is 11.5 Å². The molecule has 2 aromatic heterocycles. The standard InChI is InChI=1S/C20H27N5O3/c1-5-17-19(24(6-2)15(4)27)25-13-16(7-8-18(25)21-17)20(28)23-11-9-22(10-12-23)14(3)26/h7-8,13H,5-6,9-12H2,1-4H3. The van der Waals surface area contributed by atoms with Gasteiger partial charge in [0.05, 0.1) is 11.3 Å². The second-order valence-electron chi connectivity index (χ2n) is 6.94. The number of amides is 3. The van der Waals surface area contributed by atoms with Crippen LogP contribution in [0.15, 0.2) is 18.3 Å². The molecule has 0 aromatic carbocycles. The highest BCUT2D eigenvalue weighted by atomic mass is 16.2. The lowest BCUT2D eigenvalue weighted by molar-refractivity contribution is -0.130. The first-order valence-corrected chi connectivity index (χ1v) is 9.71. The summed E-state index contributed by atoms with van der Waals surface area (Å²) in [6.45, 7) is 9.66. The summed E-state index contributed by atoms with van der Waals surface area (Å²) >= 11 is 0. The summed E-state index contributed by atoms with van der Waals surface area (Å²) in [5.74, 6) is 0.626. The lowest BCUT2D eigenvalue weighted by Gasteiger charge is -2.34. The van der Waals surface area contributed by atoms with Crippen LogP contribution in [0.5, 0.6) is 0 Å². The van der Waals surface area contributed by atoms with Crippen molar-refractivity contribution in [1.82, 2.24) is 19.2 Å². The van der Waals surface area contributed by atoms with Crippen molar-refractivity contribution in [2.75, 3.05) is 37.6 Å². The molecule has 0 bridgehead atoms. The van der Waals surface area contributed by atoms with Crippen LogP contribution in [0.25, 0.3) is 5.65 Å². The van der Waals surface area contributed by atoms with Crippen molar-refractivity contribution in [3.63, 3.8) is 0 Å². The van der Waals surface area contributed by atoms with Crippen molar-refractivity contribution in [2.45, 2.75) is 34.1 Å². The summed E-state index contributed by atoms with van der Waals surface area (Å²) in [6.07, 6.45) is 2.46. The molecule has 1 aliphatic rings. The predicted octanol–water partition coefficient (Wildman–Crippen LogP) is 1.57. The fourth-order valence-electron chi connectivity index (χ4n) is 3.66. The Morgan fingerprint density at radius 3 is 2.21 bits per heavy atom. The minimum Gasteiger partial charge on any atom is -0.339 e. The summed E-state index contributed by atoms with van der Waals surface area (Å²) in [6, 6.07) is 3.59. The zero-order valence-corrected chi connectivity index (χ0v) is 16.9. The third kappa shape index (κ3) is 3.58.